The summed E-state index contributed by atoms with van der Waals surface area (Å²) in [5.41, 5.74) is 0.926. The predicted octanol–water partition coefficient (Wildman–Crippen LogP) is 5.68. The van der Waals surface area contributed by atoms with Crippen LogP contribution >= 0.6 is 15.9 Å². The molecule has 3 aromatic rings. The van der Waals surface area contributed by atoms with E-state index < -0.39 is 11.7 Å². The topological polar surface area (TPSA) is 12.9 Å². The quantitative estimate of drug-likeness (QED) is 0.549. The second-order valence-corrected chi connectivity index (χ2v) is 5.45. The van der Waals surface area contributed by atoms with Crippen molar-refractivity contribution >= 4 is 26.7 Å². The molecule has 0 fully saturated rings. The molecule has 1 nitrogen and oxygen atoms in total. The second-order valence-electron chi connectivity index (χ2n) is 4.59. The molecule has 21 heavy (non-hydrogen) atoms. The summed E-state index contributed by atoms with van der Waals surface area (Å²) in [7, 11) is 0. The number of rotatable bonds is 1. The van der Waals surface area contributed by atoms with Crippen LogP contribution < -0.4 is 0 Å². The van der Waals surface area contributed by atoms with Gasteiger partial charge in [0.25, 0.3) is 0 Å². The van der Waals surface area contributed by atoms with Crippen LogP contribution in [-0.2, 0) is 6.18 Å². The molecule has 2 aromatic carbocycles. The Balaban J connectivity index is 2.20. The van der Waals surface area contributed by atoms with Gasteiger partial charge >= 0.3 is 6.18 Å². The normalized spacial score (nSPS) is 11.8. The molecule has 0 atom stereocenters. The molecule has 0 saturated heterocycles. The third-order valence-electron chi connectivity index (χ3n) is 3.27. The standard InChI is InChI=1S/C16H9BrF3N/c17-15-8-11(16(18,19)20)4-5-14(15)13-3-1-2-10-9-21-7-6-12(10)13/h1-9H. The molecule has 0 bridgehead atoms. The molecule has 0 amide bonds. The maximum atomic E-state index is 12.7. The Morgan fingerprint density at radius 2 is 1.76 bits per heavy atom. The van der Waals surface area contributed by atoms with Crippen molar-refractivity contribution in [2.45, 2.75) is 6.18 Å². The van der Waals surface area contributed by atoms with Crippen molar-refractivity contribution in [3.05, 3.63) is 64.9 Å². The molecule has 5 heteroatoms. The van der Waals surface area contributed by atoms with E-state index in [1.807, 2.05) is 24.3 Å². The fourth-order valence-electron chi connectivity index (χ4n) is 2.27. The number of fused-ring (bicyclic) bond motifs is 1. The van der Waals surface area contributed by atoms with Crippen LogP contribution in [-0.4, -0.2) is 4.98 Å². The minimum absolute atomic E-state index is 0.418. The maximum absolute atomic E-state index is 12.7. The summed E-state index contributed by atoms with van der Waals surface area (Å²) in [4.78, 5) is 4.06. The summed E-state index contributed by atoms with van der Waals surface area (Å²) in [6, 6.07) is 11.2. The van der Waals surface area contributed by atoms with E-state index in [1.54, 1.807) is 12.4 Å². The Morgan fingerprint density at radius 1 is 0.952 bits per heavy atom. The van der Waals surface area contributed by atoms with Crippen LogP contribution in [0.4, 0.5) is 13.2 Å². The lowest BCUT2D eigenvalue weighted by Crippen LogP contribution is -2.04. The van der Waals surface area contributed by atoms with Crippen molar-refractivity contribution in [2.24, 2.45) is 0 Å². The molecule has 1 aromatic heterocycles. The molecular weight excluding hydrogens is 343 g/mol. The van der Waals surface area contributed by atoms with Crippen LogP contribution in [0.15, 0.2) is 59.3 Å². The van der Waals surface area contributed by atoms with Gasteiger partial charge in [-0.3, -0.25) is 4.98 Å². The number of benzene rings is 2. The number of hydrogen-bond acceptors (Lipinski definition) is 1. The first-order valence-corrected chi connectivity index (χ1v) is 6.96. The van der Waals surface area contributed by atoms with E-state index in [4.69, 9.17) is 0 Å². The van der Waals surface area contributed by atoms with Crippen LogP contribution in [0.1, 0.15) is 5.56 Å². The highest BCUT2D eigenvalue weighted by Gasteiger charge is 2.30. The summed E-state index contributed by atoms with van der Waals surface area (Å²) in [6.45, 7) is 0. The average molecular weight is 352 g/mol. The van der Waals surface area contributed by atoms with Gasteiger partial charge in [0, 0.05) is 22.3 Å². The smallest absolute Gasteiger partial charge is 0.264 e. The molecule has 0 saturated carbocycles. The number of aromatic nitrogens is 1. The highest BCUT2D eigenvalue weighted by atomic mass is 79.9. The monoisotopic (exact) mass is 351 g/mol. The van der Waals surface area contributed by atoms with E-state index in [1.165, 1.54) is 6.07 Å². The maximum Gasteiger partial charge on any atom is 0.416 e. The number of pyridine rings is 1. The lowest BCUT2D eigenvalue weighted by Gasteiger charge is -2.12. The highest BCUT2D eigenvalue weighted by Crippen LogP contribution is 2.37. The zero-order chi connectivity index (χ0) is 15.0. The third-order valence-corrected chi connectivity index (χ3v) is 3.92. The average Bonchev–Trinajstić information content (AvgIpc) is 2.46. The van der Waals surface area contributed by atoms with Crippen molar-refractivity contribution in [1.82, 2.24) is 4.98 Å². The van der Waals surface area contributed by atoms with Crippen molar-refractivity contribution in [3.63, 3.8) is 0 Å². The predicted molar refractivity (Wildman–Crippen MR) is 79.9 cm³/mol. The van der Waals surface area contributed by atoms with Gasteiger partial charge in [-0.05, 0) is 34.7 Å². The van der Waals surface area contributed by atoms with Crippen molar-refractivity contribution in [3.8, 4) is 11.1 Å². The van der Waals surface area contributed by atoms with E-state index in [-0.39, 0.29) is 0 Å². The second kappa shape index (κ2) is 5.15. The Morgan fingerprint density at radius 3 is 2.48 bits per heavy atom. The molecule has 106 valence electrons. The Labute approximate surface area is 127 Å². The van der Waals surface area contributed by atoms with Gasteiger partial charge in [0.2, 0.25) is 0 Å². The summed E-state index contributed by atoms with van der Waals surface area (Å²) >= 11 is 3.25. The Kier molecular flexibility index (Phi) is 3.45. The molecule has 0 aliphatic rings. The van der Waals surface area contributed by atoms with Gasteiger partial charge in [-0.1, -0.05) is 40.2 Å². The largest absolute Gasteiger partial charge is 0.416 e. The van der Waals surface area contributed by atoms with Crippen molar-refractivity contribution in [2.75, 3.05) is 0 Å². The van der Waals surface area contributed by atoms with Crippen molar-refractivity contribution < 1.29 is 13.2 Å². The molecule has 0 radical (unpaired) electrons. The van der Waals surface area contributed by atoms with Gasteiger partial charge < -0.3 is 0 Å². The molecule has 3 rings (SSSR count). The summed E-state index contributed by atoms with van der Waals surface area (Å²) in [5.74, 6) is 0. The summed E-state index contributed by atoms with van der Waals surface area (Å²) in [5, 5.41) is 1.90. The first kappa shape index (κ1) is 14.1. The fraction of sp³-hybridized carbons (Fsp3) is 0.0625. The minimum atomic E-state index is -4.34. The summed E-state index contributed by atoms with van der Waals surface area (Å²) < 4.78 is 38.6. The first-order chi connectivity index (χ1) is 9.97. The van der Waals surface area contributed by atoms with Gasteiger partial charge in [-0.2, -0.15) is 13.2 Å². The lowest BCUT2D eigenvalue weighted by molar-refractivity contribution is -0.137. The van der Waals surface area contributed by atoms with Gasteiger partial charge in [0.1, 0.15) is 0 Å². The Hall–Kier alpha value is -1.88. The molecule has 0 N–H and O–H groups in total. The van der Waals surface area contributed by atoms with Gasteiger partial charge in [0.05, 0.1) is 5.56 Å². The molecular formula is C16H9BrF3N. The third kappa shape index (κ3) is 2.65. The van der Waals surface area contributed by atoms with Crippen LogP contribution in [0.3, 0.4) is 0 Å². The highest BCUT2D eigenvalue weighted by molar-refractivity contribution is 9.10. The van der Waals surface area contributed by atoms with Crippen LogP contribution in [0.5, 0.6) is 0 Å². The molecule has 0 aliphatic carbocycles. The molecule has 1 heterocycles. The Bertz CT molecular complexity index is 807. The first-order valence-electron chi connectivity index (χ1n) is 6.17. The minimum Gasteiger partial charge on any atom is -0.264 e. The van der Waals surface area contributed by atoms with Gasteiger partial charge in [0.15, 0.2) is 0 Å². The van der Waals surface area contributed by atoms with E-state index in [0.717, 1.165) is 34.0 Å². The molecule has 0 spiro atoms. The lowest BCUT2D eigenvalue weighted by atomic mass is 9.98. The van der Waals surface area contributed by atoms with Gasteiger partial charge in [-0.15, -0.1) is 0 Å². The SMILES string of the molecule is FC(F)(F)c1ccc(-c2cccc3cnccc23)c(Br)c1. The van der Waals surface area contributed by atoms with Crippen LogP contribution in [0, 0.1) is 0 Å². The number of nitrogens with zero attached hydrogens (tertiary/aromatic N) is 1. The van der Waals surface area contributed by atoms with Crippen LogP contribution in [0.2, 0.25) is 0 Å². The zero-order valence-corrected chi connectivity index (χ0v) is 12.2. The fourth-order valence-corrected chi connectivity index (χ4v) is 2.86. The van der Waals surface area contributed by atoms with Crippen LogP contribution in [0.25, 0.3) is 21.9 Å². The van der Waals surface area contributed by atoms with E-state index >= 15 is 0 Å². The van der Waals surface area contributed by atoms with E-state index in [9.17, 15) is 13.2 Å². The summed E-state index contributed by atoms with van der Waals surface area (Å²) in [6.07, 6.45) is -0.940. The van der Waals surface area contributed by atoms with E-state index in [2.05, 4.69) is 20.9 Å². The number of hydrogen-bond donors (Lipinski definition) is 0. The molecule has 0 unspecified atom stereocenters. The van der Waals surface area contributed by atoms with Gasteiger partial charge in [-0.25, -0.2) is 0 Å². The number of alkyl halides is 3. The zero-order valence-electron chi connectivity index (χ0n) is 10.7. The van der Waals surface area contributed by atoms with Crippen molar-refractivity contribution in [1.29, 1.82) is 0 Å². The van der Waals surface area contributed by atoms with E-state index in [0.29, 0.717) is 4.47 Å². The number of halogens is 4. The molecule has 0 aliphatic heterocycles.